The van der Waals surface area contributed by atoms with E-state index in [2.05, 4.69) is 9.62 Å². The molecule has 0 saturated heterocycles. The van der Waals surface area contributed by atoms with Crippen LogP contribution in [0.25, 0.3) is 0 Å². The van der Waals surface area contributed by atoms with E-state index in [-0.39, 0.29) is 10.6 Å². The Morgan fingerprint density at radius 2 is 2.00 bits per heavy atom. The summed E-state index contributed by atoms with van der Waals surface area (Å²) in [5, 5.41) is 0. The lowest BCUT2D eigenvalue weighted by atomic mass is 10.3. The van der Waals surface area contributed by atoms with Gasteiger partial charge in [0.05, 0.1) is 12.8 Å². The molecule has 0 aliphatic rings. The van der Waals surface area contributed by atoms with Gasteiger partial charge in [0.15, 0.2) is 0 Å². The van der Waals surface area contributed by atoms with E-state index in [1.807, 2.05) is 14.1 Å². The van der Waals surface area contributed by atoms with Crippen LogP contribution in [0, 0.1) is 0 Å². The Labute approximate surface area is 121 Å². The predicted octanol–water partition coefficient (Wildman–Crippen LogP) is 0.898. The maximum atomic E-state index is 12.1. The van der Waals surface area contributed by atoms with E-state index in [1.165, 1.54) is 19.2 Å². The highest BCUT2D eigenvalue weighted by atomic mass is 32.2. The maximum absolute atomic E-state index is 12.1. The molecular weight excluding hydrogens is 278 g/mol. The van der Waals surface area contributed by atoms with Gasteiger partial charge in [-0.3, -0.25) is 0 Å². The highest BCUT2D eigenvalue weighted by Crippen LogP contribution is 2.23. The summed E-state index contributed by atoms with van der Waals surface area (Å²) < 4.78 is 31.8. The summed E-state index contributed by atoms with van der Waals surface area (Å²) in [4.78, 5) is 2.15. The SMILES string of the molecule is COc1ccc(S(=O)(=O)NCCCCN(C)C)c(N)c1. The van der Waals surface area contributed by atoms with Crippen molar-refractivity contribution in [2.75, 3.05) is 40.0 Å². The summed E-state index contributed by atoms with van der Waals surface area (Å²) in [5.41, 5.74) is 5.93. The minimum absolute atomic E-state index is 0.0888. The summed E-state index contributed by atoms with van der Waals surface area (Å²) >= 11 is 0. The van der Waals surface area contributed by atoms with Gasteiger partial charge >= 0.3 is 0 Å². The van der Waals surface area contributed by atoms with Crippen LogP contribution in [-0.2, 0) is 10.0 Å². The summed E-state index contributed by atoms with van der Waals surface area (Å²) in [6.45, 7) is 1.34. The van der Waals surface area contributed by atoms with Crippen LogP contribution < -0.4 is 15.2 Å². The average molecular weight is 301 g/mol. The van der Waals surface area contributed by atoms with Gasteiger partial charge in [0.1, 0.15) is 10.6 Å². The average Bonchev–Trinajstić information content (AvgIpc) is 2.37. The smallest absolute Gasteiger partial charge is 0.242 e. The fourth-order valence-corrected chi connectivity index (χ4v) is 2.92. The van der Waals surface area contributed by atoms with Gasteiger partial charge in [0.2, 0.25) is 10.0 Å². The Bertz CT molecular complexity index is 530. The van der Waals surface area contributed by atoms with E-state index in [0.29, 0.717) is 12.3 Å². The first kappa shape index (κ1) is 16.7. The van der Waals surface area contributed by atoms with Crippen molar-refractivity contribution >= 4 is 15.7 Å². The minimum atomic E-state index is -3.56. The second-order valence-corrected chi connectivity index (χ2v) is 6.55. The quantitative estimate of drug-likeness (QED) is 0.550. The van der Waals surface area contributed by atoms with Crippen LogP contribution in [0.3, 0.4) is 0 Å². The summed E-state index contributed by atoms with van der Waals surface area (Å²) in [7, 11) is 1.92. The van der Waals surface area contributed by atoms with Crippen LogP contribution in [0.15, 0.2) is 23.1 Å². The van der Waals surface area contributed by atoms with Crippen molar-refractivity contribution in [3.63, 3.8) is 0 Å². The van der Waals surface area contributed by atoms with Crippen LogP contribution >= 0.6 is 0 Å². The lowest BCUT2D eigenvalue weighted by molar-refractivity contribution is 0.394. The van der Waals surface area contributed by atoms with Crippen molar-refractivity contribution in [2.45, 2.75) is 17.7 Å². The van der Waals surface area contributed by atoms with Crippen molar-refractivity contribution in [3.05, 3.63) is 18.2 Å². The molecule has 0 bridgehead atoms. The van der Waals surface area contributed by atoms with Crippen LogP contribution in [0.4, 0.5) is 5.69 Å². The number of rotatable bonds is 8. The predicted molar refractivity (Wildman–Crippen MR) is 80.4 cm³/mol. The number of anilines is 1. The number of ether oxygens (including phenoxy) is 1. The zero-order valence-electron chi connectivity index (χ0n) is 12.2. The van der Waals surface area contributed by atoms with E-state index >= 15 is 0 Å². The molecule has 1 aromatic carbocycles. The third kappa shape index (κ3) is 4.99. The van der Waals surface area contributed by atoms with Gasteiger partial charge in [-0.25, -0.2) is 13.1 Å². The lowest BCUT2D eigenvalue weighted by Gasteiger charge is -2.11. The fraction of sp³-hybridized carbons (Fsp3) is 0.538. The number of hydrogen-bond donors (Lipinski definition) is 2. The lowest BCUT2D eigenvalue weighted by Crippen LogP contribution is -2.26. The molecule has 0 radical (unpaired) electrons. The van der Waals surface area contributed by atoms with Crippen molar-refractivity contribution < 1.29 is 13.2 Å². The minimum Gasteiger partial charge on any atom is -0.497 e. The Morgan fingerprint density at radius 3 is 2.55 bits per heavy atom. The number of methoxy groups -OCH3 is 1. The first-order valence-electron chi connectivity index (χ1n) is 6.44. The van der Waals surface area contributed by atoms with Gasteiger partial charge in [-0.15, -0.1) is 0 Å². The van der Waals surface area contributed by atoms with Gasteiger partial charge in [0.25, 0.3) is 0 Å². The molecule has 1 aromatic rings. The van der Waals surface area contributed by atoms with Crippen molar-refractivity contribution in [1.82, 2.24) is 9.62 Å². The molecule has 1 rings (SSSR count). The zero-order valence-corrected chi connectivity index (χ0v) is 13.0. The number of nitrogens with zero attached hydrogens (tertiary/aromatic N) is 1. The molecule has 0 aliphatic heterocycles. The molecular formula is C13H23N3O3S. The molecule has 6 nitrogen and oxygen atoms in total. The zero-order chi connectivity index (χ0) is 15.2. The third-order valence-electron chi connectivity index (χ3n) is 2.83. The fourth-order valence-electron chi connectivity index (χ4n) is 1.74. The van der Waals surface area contributed by atoms with E-state index in [1.54, 1.807) is 6.07 Å². The molecule has 0 unspecified atom stereocenters. The third-order valence-corrected chi connectivity index (χ3v) is 4.37. The highest BCUT2D eigenvalue weighted by molar-refractivity contribution is 7.89. The number of nitrogens with one attached hydrogen (secondary N) is 1. The van der Waals surface area contributed by atoms with Crippen LogP contribution in [0.5, 0.6) is 5.75 Å². The first-order valence-corrected chi connectivity index (χ1v) is 7.93. The molecule has 3 N–H and O–H groups in total. The second-order valence-electron chi connectivity index (χ2n) is 4.81. The van der Waals surface area contributed by atoms with Crippen molar-refractivity contribution in [1.29, 1.82) is 0 Å². The highest BCUT2D eigenvalue weighted by Gasteiger charge is 2.17. The largest absolute Gasteiger partial charge is 0.497 e. The monoisotopic (exact) mass is 301 g/mol. The molecule has 0 heterocycles. The van der Waals surface area contributed by atoms with Gasteiger partial charge in [0, 0.05) is 12.6 Å². The molecule has 20 heavy (non-hydrogen) atoms. The van der Waals surface area contributed by atoms with E-state index < -0.39 is 10.0 Å². The van der Waals surface area contributed by atoms with Crippen molar-refractivity contribution in [2.24, 2.45) is 0 Å². The normalized spacial score (nSPS) is 11.8. The van der Waals surface area contributed by atoms with Gasteiger partial charge in [-0.2, -0.15) is 0 Å². The Morgan fingerprint density at radius 1 is 1.30 bits per heavy atom. The number of hydrogen-bond acceptors (Lipinski definition) is 5. The number of nitrogen functional groups attached to an aromatic ring is 1. The molecule has 0 spiro atoms. The molecule has 0 fully saturated rings. The summed E-state index contributed by atoms with van der Waals surface area (Å²) in [6, 6.07) is 4.54. The van der Waals surface area contributed by atoms with Crippen molar-refractivity contribution in [3.8, 4) is 5.75 Å². The van der Waals surface area contributed by atoms with E-state index in [4.69, 9.17) is 10.5 Å². The maximum Gasteiger partial charge on any atom is 0.242 e. The van der Waals surface area contributed by atoms with E-state index in [0.717, 1.165) is 19.4 Å². The Balaban J connectivity index is 2.60. The summed E-state index contributed by atoms with van der Waals surface area (Å²) in [6.07, 6.45) is 1.72. The number of nitrogens with two attached hydrogens (primary N) is 1. The molecule has 0 saturated carbocycles. The van der Waals surface area contributed by atoms with Gasteiger partial charge < -0.3 is 15.4 Å². The number of benzene rings is 1. The molecule has 114 valence electrons. The van der Waals surface area contributed by atoms with Crippen LogP contribution in [-0.4, -0.2) is 47.6 Å². The van der Waals surface area contributed by atoms with Crippen LogP contribution in [0.2, 0.25) is 0 Å². The Kier molecular flexibility index (Phi) is 6.25. The second kappa shape index (κ2) is 7.47. The number of sulfonamides is 1. The molecule has 0 amide bonds. The molecule has 7 heteroatoms. The van der Waals surface area contributed by atoms with Gasteiger partial charge in [-0.1, -0.05) is 0 Å². The van der Waals surface area contributed by atoms with Crippen LogP contribution in [0.1, 0.15) is 12.8 Å². The van der Waals surface area contributed by atoms with E-state index in [9.17, 15) is 8.42 Å². The number of unbranched alkanes of at least 4 members (excludes halogenated alkanes) is 1. The molecule has 0 atom stereocenters. The first-order chi connectivity index (χ1) is 9.36. The van der Waals surface area contributed by atoms with Gasteiger partial charge in [-0.05, 0) is 45.6 Å². The molecule has 0 aromatic heterocycles. The Hall–Kier alpha value is -1.31. The molecule has 0 aliphatic carbocycles. The topological polar surface area (TPSA) is 84.7 Å². The summed E-state index contributed by atoms with van der Waals surface area (Å²) in [5.74, 6) is 0.535. The standard InChI is InChI=1S/C13H23N3O3S/c1-16(2)9-5-4-8-15-20(17,18)13-7-6-11(19-3)10-12(13)14/h6-7,10,15H,4-5,8-9,14H2,1-3H3.